The molecule has 3 aliphatic rings. The molecule has 0 saturated carbocycles. The number of urea groups is 1. The number of nitrogens with one attached hydrogen (secondary N) is 1. The normalized spacial score (nSPS) is 23.2. The Morgan fingerprint density at radius 3 is 2.36 bits per heavy atom. The highest BCUT2D eigenvalue weighted by Crippen LogP contribution is 2.26. The van der Waals surface area contributed by atoms with Gasteiger partial charge in [-0.15, -0.1) is 0 Å². The number of pyridine rings is 1. The van der Waals surface area contributed by atoms with Crippen LogP contribution < -0.4 is 10.2 Å². The number of amides is 3. The van der Waals surface area contributed by atoms with Gasteiger partial charge in [0.25, 0.3) is 0 Å². The third-order valence-electron chi connectivity index (χ3n) is 7.27. The Labute approximate surface area is 198 Å². The third kappa shape index (κ3) is 5.96. The largest absolute Gasteiger partial charge is 0.353 e. The standard InChI is InChI=1S/C25H40N6O2/c1-19(2)26-25(33)30-12-9-22(10-13-30)31-11-5-7-21(18-31)24(32)29-16-14-28(15-17-29)23-8-4-6-20(3)27-23/h4,6,8,19,21-22H,5,7,9-18H2,1-3H3,(H,26,33). The summed E-state index contributed by atoms with van der Waals surface area (Å²) < 4.78 is 0. The molecule has 1 N–H and O–H groups in total. The van der Waals surface area contributed by atoms with Gasteiger partial charge in [-0.1, -0.05) is 6.07 Å². The molecule has 1 aromatic rings. The Balaban J connectivity index is 1.25. The SMILES string of the molecule is Cc1cccc(N2CCN(C(=O)C3CCCN(C4CCN(C(=O)NC(C)C)CC4)C3)CC2)n1. The van der Waals surface area contributed by atoms with E-state index in [1.165, 1.54) is 0 Å². The van der Waals surface area contributed by atoms with Crippen LogP contribution in [-0.4, -0.2) is 96.1 Å². The van der Waals surface area contributed by atoms with E-state index in [1.807, 2.05) is 37.8 Å². The first-order valence-corrected chi connectivity index (χ1v) is 12.7. The number of anilines is 1. The predicted molar refractivity (Wildman–Crippen MR) is 130 cm³/mol. The Morgan fingerprint density at radius 2 is 1.70 bits per heavy atom. The summed E-state index contributed by atoms with van der Waals surface area (Å²) in [5.41, 5.74) is 1.03. The van der Waals surface area contributed by atoms with Gasteiger partial charge in [-0.25, -0.2) is 9.78 Å². The van der Waals surface area contributed by atoms with Crippen LogP contribution in [0.25, 0.3) is 0 Å². The van der Waals surface area contributed by atoms with E-state index in [1.54, 1.807) is 0 Å². The quantitative estimate of drug-likeness (QED) is 0.753. The first-order chi connectivity index (χ1) is 15.9. The molecule has 8 nitrogen and oxygen atoms in total. The van der Waals surface area contributed by atoms with Gasteiger partial charge in [0, 0.05) is 63.6 Å². The number of hydrogen-bond donors (Lipinski definition) is 1. The van der Waals surface area contributed by atoms with Crippen molar-refractivity contribution < 1.29 is 9.59 Å². The molecule has 3 aliphatic heterocycles. The van der Waals surface area contributed by atoms with Crippen LogP contribution in [0.15, 0.2) is 18.2 Å². The molecule has 0 spiro atoms. The molecule has 1 aromatic heterocycles. The minimum absolute atomic E-state index is 0.0511. The number of carbonyl (C=O) groups excluding carboxylic acids is 2. The summed E-state index contributed by atoms with van der Waals surface area (Å²) in [5.74, 6) is 1.44. The van der Waals surface area contributed by atoms with Gasteiger partial charge in [-0.3, -0.25) is 9.69 Å². The number of hydrogen-bond acceptors (Lipinski definition) is 5. The molecule has 1 atom stereocenters. The molecule has 4 rings (SSSR count). The minimum Gasteiger partial charge on any atom is -0.353 e. The molecule has 3 amide bonds. The van der Waals surface area contributed by atoms with Gasteiger partial charge in [0.2, 0.25) is 5.91 Å². The molecule has 0 radical (unpaired) electrons. The lowest BCUT2D eigenvalue weighted by Crippen LogP contribution is -2.55. The fourth-order valence-electron chi connectivity index (χ4n) is 5.43. The van der Waals surface area contributed by atoms with E-state index < -0.39 is 0 Å². The first-order valence-electron chi connectivity index (χ1n) is 12.7. The lowest BCUT2D eigenvalue weighted by molar-refractivity contribution is -0.138. The zero-order valence-corrected chi connectivity index (χ0v) is 20.5. The van der Waals surface area contributed by atoms with E-state index in [2.05, 4.69) is 31.1 Å². The van der Waals surface area contributed by atoms with Crippen molar-refractivity contribution in [3.63, 3.8) is 0 Å². The van der Waals surface area contributed by atoms with Crippen molar-refractivity contribution in [2.45, 2.75) is 58.5 Å². The van der Waals surface area contributed by atoms with E-state index in [4.69, 9.17) is 0 Å². The van der Waals surface area contributed by atoms with Gasteiger partial charge < -0.3 is 20.0 Å². The number of likely N-dealkylation sites (tertiary alicyclic amines) is 2. The average Bonchev–Trinajstić information content (AvgIpc) is 2.83. The highest BCUT2D eigenvalue weighted by atomic mass is 16.2. The molecule has 4 heterocycles. The van der Waals surface area contributed by atoms with Crippen LogP contribution in [0.4, 0.5) is 10.6 Å². The molecule has 0 aromatic carbocycles. The lowest BCUT2D eigenvalue weighted by Gasteiger charge is -2.43. The van der Waals surface area contributed by atoms with E-state index in [0.29, 0.717) is 11.9 Å². The van der Waals surface area contributed by atoms with Crippen LogP contribution in [0.1, 0.15) is 45.2 Å². The van der Waals surface area contributed by atoms with Crippen LogP contribution in [0.2, 0.25) is 0 Å². The summed E-state index contributed by atoms with van der Waals surface area (Å²) in [7, 11) is 0. The van der Waals surface area contributed by atoms with Gasteiger partial charge in [-0.05, 0) is 65.1 Å². The predicted octanol–water partition coefficient (Wildman–Crippen LogP) is 2.33. The number of aromatic nitrogens is 1. The second-order valence-corrected chi connectivity index (χ2v) is 10.1. The smallest absolute Gasteiger partial charge is 0.317 e. The molecule has 1 unspecified atom stereocenters. The summed E-state index contributed by atoms with van der Waals surface area (Å²) in [5, 5.41) is 3.00. The molecule has 3 saturated heterocycles. The second kappa shape index (κ2) is 10.7. The topological polar surface area (TPSA) is 72.0 Å². The molecule has 8 heteroatoms. The lowest BCUT2D eigenvalue weighted by atomic mass is 9.92. The highest BCUT2D eigenvalue weighted by Gasteiger charge is 2.35. The van der Waals surface area contributed by atoms with Gasteiger partial charge in [0.1, 0.15) is 5.82 Å². The fourth-order valence-corrected chi connectivity index (χ4v) is 5.43. The van der Waals surface area contributed by atoms with Crippen LogP contribution in [0.5, 0.6) is 0 Å². The summed E-state index contributed by atoms with van der Waals surface area (Å²) in [4.78, 5) is 39.1. The van der Waals surface area contributed by atoms with Crippen molar-refractivity contribution in [2.75, 3.05) is 57.3 Å². The van der Waals surface area contributed by atoms with E-state index in [0.717, 1.165) is 89.6 Å². The van der Waals surface area contributed by atoms with Gasteiger partial charge in [-0.2, -0.15) is 0 Å². The van der Waals surface area contributed by atoms with Crippen molar-refractivity contribution in [3.05, 3.63) is 23.9 Å². The zero-order chi connectivity index (χ0) is 23.4. The number of rotatable bonds is 4. The molecule has 33 heavy (non-hydrogen) atoms. The second-order valence-electron chi connectivity index (χ2n) is 10.1. The summed E-state index contributed by atoms with van der Waals surface area (Å²) in [6.45, 7) is 12.8. The number of nitrogens with zero attached hydrogens (tertiary/aromatic N) is 5. The average molecular weight is 457 g/mol. The van der Waals surface area contributed by atoms with Crippen LogP contribution in [0, 0.1) is 12.8 Å². The summed E-state index contributed by atoms with van der Waals surface area (Å²) in [6.07, 6.45) is 4.06. The Kier molecular flexibility index (Phi) is 7.73. The number of aryl methyl sites for hydroxylation is 1. The van der Waals surface area contributed by atoms with Gasteiger partial charge in [0.05, 0.1) is 5.92 Å². The molecular weight excluding hydrogens is 416 g/mol. The van der Waals surface area contributed by atoms with Crippen molar-refractivity contribution in [1.29, 1.82) is 0 Å². The van der Waals surface area contributed by atoms with Crippen LogP contribution in [0.3, 0.4) is 0 Å². The Morgan fingerprint density at radius 1 is 0.970 bits per heavy atom. The maximum atomic E-state index is 13.3. The zero-order valence-electron chi connectivity index (χ0n) is 20.5. The molecular formula is C25H40N6O2. The van der Waals surface area contributed by atoms with Crippen molar-refractivity contribution in [1.82, 2.24) is 25.0 Å². The van der Waals surface area contributed by atoms with Gasteiger partial charge in [0.15, 0.2) is 0 Å². The van der Waals surface area contributed by atoms with Gasteiger partial charge >= 0.3 is 6.03 Å². The number of piperazine rings is 1. The molecule has 182 valence electrons. The molecule has 0 bridgehead atoms. The third-order valence-corrected chi connectivity index (χ3v) is 7.27. The number of carbonyl (C=O) groups is 2. The van der Waals surface area contributed by atoms with Crippen LogP contribution >= 0.6 is 0 Å². The van der Waals surface area contributed by atoms with E-state index in [9.17, 15) is 9.59 Å². The minimum atomic E-state index is 0.0511. The maximum Gasteiger partial charge on any atom is 0.317 e. The number of piperidine rings is 2. The van der Waals surface area contributed by atoms with E-state index in [-0.39, 0.29) is 18.0 Å². The van der Waals surface area contributed by atoms with Crippen molar-refractivity contribution >= 4 is 17.8 Å². The first kappa shape index (κ1) is 23.8. The monoisotopic (exact) mass is 456 g/mol. The van der Waals surface area contributed by atoms with Crippen LogP contribution in [-0.2, 0) is 4.79 Å². The highest BCUT2D eigenvalue weighted by molar-refractivity contribution is 5.79. The Bertz CT molecular complexity index is 815. The fraction of sp³-hybridized carbons (Fsp3) is 0.720. The Hall–Kier alpha value is -2.35. The van der Waals surface area contributed by atoms with E-state index >= 15 is 0 Å². The summed E-state index contributed by atoms with van der Waals surface area (Å²) >= 11 is 0. The maximum absolute atomic E-state index is 13.3. The van der Waals surface area contributed by atoms with Crippen molar-refractivity contribution in [2.24, 2.45) is 5.92 Å². The molecule has 0 aliphatic carbocycles. The molecule has 3 fully saturated rings. The summed E-state index contributed by atoms with van der Waals surface area (Å²) in [6, 6.07) is 6.82. The van der Waals surface area contributed by atoms with Crippen molar-refractivity contribution in [3.8, 4) is 0 Å².